The number of aromatic nitrogens is 1. The second-order valence-corrected chi connectivity index (χ2v) is 7.33. The smallest absolute Gasteiger partial charge is 0.257 e. The van der Waals surface area contributed by atoms with Crippen molar-refractivity contribution in [1.29, 1.82) is 0 Å². The lowest BCUT2D eigenvalue weighted by Gasteiger charge is -2.12. The van der Waals surface area contributed by atoms with Gasteiger partial charge in [-0.05, 0) is 47.9 Å². The molecule has 4 nitrogen and oxygen atoms in total. The van der Waals surface area contributed by atoms with E-state index in [9.17, 15) is 4.79 Å². The van der Waals surface area contributed by atoms with Crippen molar-refractivity contribution in [1.82, 2.24) is 4.98 Å². The van der Waals surface area contributed by atoms with E-state index in [0.717, 1.165) is 15.9 Å². The van der Waals surface area contributed by atoms with Crippen LogP contribution >= 0.6 is 11.3 Å². The fourth-order valence-electron chi connectivity index (χ4n) is 2.43. The van der Waals surface area contributed by atoms with Gasteiger partial charge in [0.05, 0.1) is 10.2 Å². The van der Waals surface area contributed by atoms with Gasteiger partial charge in [-0.25, -0.2) is 4.98 Å². The number of anilines is 2. The summed E-state index contributed by atoms with van der Waals surface area (Å²) < 4.78 is 1.10. The molecular weight excluding hydrogens is 318 g/mol. The van der Waals surface area contributed by atoms with Gasteiger partial charge in [0.2, 0.25) is 0 Å². The summed E-state index contributed by atoms with van der Waals surface area (Å²) in [6, 6.07) is 13.8. The normalized spacial score (nSPS) is 11.0. The van der Waals surface area contributed by atoms with E-state index in [4.69, 9.17) is 0 Å². The molecule has 0 spiro atoms. The molecule has 5 heteroatoms. The maximum absolute atomic E-state index is 12.4. The zero-order valence-corrected chi connectivity index (χ0v) is 15.1. The number of rotatable bonds is 4. The average molecular weight is 339 g/mol. The lowest BCUT2D eigenvalue weighted by molar-refractivity contribution is 0.102. The second kappa shape index (κ2) is 6.61. The maximum atomic E-state index is 12.4. The van der Waals surface area contributed by atoms with Crippen molar-refractivity contribution in [3.05, 3.63) is 53.6 Å². The zero-order valence-electron chi connectivity index (χ0n) is 14.3. The summed E-state index contributed by atoms with van der Waals surface area (Å²) in [6.45, 7) is 4.34. The van der Waals surface area contributed by atoms with Crippen LogP contribution in [0.2, 0.25) is 0 Å². The summed E-state index contributed by atoms with van der Waals surface area (Å²) in [4.78, 5) is 18.9. The Balaban J connectivity index is 1.79. The minimum absolute atomic E-state index is 0.136. The van der Waals surface area contributed by atoms with E-state index in [-0.39, 0.29) is 5.91 Å². The molecule has 1 aromatic heterocycles. The van der Waals surface area contributed by atoms with Gasteiger partial charge in [0.15, 0.2) is 5.13 Å². The topological polar surface area (TPSA) is 45.2 Å². The van der Waals surface area contributed by atoms with Crippen molar-refractivity contribution < 1.29 is 4.79 Å². The summed E-state index contributed by atoms with van der Waals surface area (Å²) in [5.74, 6) is 0.341. The minimum Gasteiger partial charge on any atom is -0.378 e. The fourth-order valence-corrected chi connectivity index (χ4v) is 3.34. The zero-order chi connectivity index (χ0) is 17.3. The third kappa shape index (κ3) is 3.41. The molecule has 0 aliphatic rings. The molecule has 1 N–H and O–H groups in total. The van der Waals surface area contributed by atoms with Gasteiger partial charge in [-0.15, -0.1) is 0 Å². The number of thiazole rings is 1. The summed E-state index contributed by atoms with van der Waals surface area (Å²) in [7, 11) is 3.95. The van der Waals surface area contributed by atoms with Gasteiger partial charge in [-0.2, -0.15) is 0 Å². The molecule has 2 aromatic carbocycles. The Morgan fingerprint density at radius 2 is 1.83 bits per heavy atom. The summed E-state index contributed by atoms with van der Waals surface area (Å²) >= 11 is 1.51. The van der Waals surface area contributed by atoms with Crippen molar-refractivity contribution in [3.63, 3.8) is 0 Å². The molecule has 124 valence electrons. The van der Waals surface area contributed by atoms with Gasteiger partial charge in [0.25, 0.3) is 5.91 Å². The number of amides is 1. The van der Waals surface area contributed by atoms with Crippen LogP contribution in [-0.2, 0) is 0 Å². The van der Waals surface area contributed by atoms with Crippen LogP contribution in [-0.4, -0.2) is 25.0 Å². The van der Waals surface area contributed by atoms with Crippen LogP contribution in [0, 0.1) is 0 Å². The quantitative estimate of drug-likeness (QED) is 0.747. The molecule has 0 aliphatic carbocycles. The molecule has 3 aromatic rings. The highest BCUT2D eigenvalue weighted by Gasteiger charge is 2.11. The molecule has 0 radical (unpaired) electrons. The van der Waals surface area contributed by atoms with Gasteiger partial charge in [0.1, 0.15) is 0 Å². The first-order valence-electron chi connectivity index (χ1n) is 7.93. The number of hydrogen-bond donors (Lipinski definition) is 1. The van der Waals surface area contributed by atoms with Crippen molar-refractivity contribution in [2.24, 2.45) is 0 Å². The molecule has 0 atom stereocenters. The van der Waals surface area contributed by atoms with Gasteiger partial charge < -0.3 is 4.90 Å². The van der Waals surface area contributed by atoms with E-state index >= 15 is 0 Å². The van der Waals surface area contributed by atoms with E-state index in [2.05, 4.69) is 36.3 Å². The van der Waals surface area contributed by atoms with Gasteiger partial charge in [0, 0.05) is 25.3 Å². The molecule has 24 heavy (non-hydrogen) atoms. The Bertz CT molecular complexity index is 866. The highest BCUT2D eigenvalue weighted by molar-refractivity contribution is 7.22. The largest absolute Gasteiger partial charge is 0.378 e. The Morgan fingerprint density at radius 3 is 2.46 bits per heavy atom. The molecule has 3 rings (SSSR count). The first-order chi connectivity index (χ1) is 11.4. The monoisotopic (exact) mass is 339 g/mol. The van der Waals surface area contributed by atoms with Crippen molar-refractivity contribution in [2.45, 2.75) is 19.8 Å². The maximum Gasteiger partial charge on any atom is 0.257 e. The first-order valence-corrected chi connectivity index (χ1v) is 8.75. The molecule has 0 fully saturated rings. The number of benzene rings is 2. The molecule has 0 bridgehead atoms. The third-order valence-electron chi connectivity index (χ3n) is 3.95. The van der Waals surface area contributed by atoms with Crippen LogP contribution in [0.5, 0.6) is 0 Å². The van der Waals surface area contributed by atoms with Gasteiger partial charge in [-0.1, -0.05) is 31.3 Å². The van der Waals surface area contributed by atoms with Crippen molar-refractivity contribution in [2.75, 3.05) is 24.3 Å². The number of carbonyl (C=O) groups is 1. The van der Waals surface area contributed by atoms with Crippen LogP contribution in [0.25, 0.3) is 10.2 Å². The molecular formula is C19H21N3OS. The van der Waals surface area contributed by atoms with Gasteiger partial charge in [-0.3, -0.25) is 10.1 Å². The number of nitrogens with zero attached hydrogens (tertiary/aromatic N) is 2. The van der Waals surface area contributed by atoms with E-state index < -0.39 is 0 Å². The SMILES string of the molecule is CC(C)c1ccc2nc(NC(=O)c3ccc(N(C)C)cc3)sc2c1. The highest BCUT2D eigenvalue weighted by atomic mass is 32.1. The highest BCUT2D eigenvalue weighted by Crippen LogP contribution is 2.29. The lowest BCUT2D eigenvalue weighted by atomic mass is 10.0. The van der Waals surface area contributed by atoms with Crippen LogP contribution in [0.1, 0.15) is 35.7 Å². The van der Waals surface area contributed by atoms with E-state index in [1.165, 1.54) is 16.9 Å². The van der Waals surface area contributed by atoms with Crippen LogP contribution in [0.15, 0.2) is 42.5 Å². The molecule has 0 unspecified atom stereocenters. The molecule has 1 amide bonds. The average Bonchev–Trinajstić information content (AvgIpc) is 2.96. The number of carbonyl (C=O) groups excluding carboxylic acids is 1. The summed E-state index contributed by atoms with van der Waals surface area (Å²) in [5.41, 5.74) is 3.89. The van der Waals surface area contributed by atoms with Crippen LogP contribution < -0.4 is 10.2 Å². The van der Waals surface area contributed by atoms with Crippen LogP contribution in [0.3, 0.4) is 0 Å². The molecule has 0 saturated carbocycles. The van der Waals surface area contributed by atoms with Crippen LogP contribution in [0.4, 0.5) is 10.8 Å². The number of hydrogen-bond acceptors (Lipinski definition) is 4. The van der Waals surface area contributed by atoms with Crippen molar-refractivity contribution >= 4 is 38.3 Å². The minimum atomic E-state index is -0.136. The number of fused-ring (bicyclic) bond motifs is 1. The Morgan fingerprint density at radius 1 is 1.12 bits per heavy atom. The Kier molecular flexibility index (Phi) is 4.53. The fraction of sp³-hybridized carbons (Fsp3) is 0.263. The predicted molar refractivity (Wildman–Crippen MR) is 102 cm³/mol. The standard InChI is InChI=1S/C19H21N3OS/c1-12(2)14-7-10-16-17(11-14)24-19(20-16)21-18(23)13-5-8-15(9-6-13)22(3)4/h5-12H,1-4H3,(H,20,21,23). The second-order valence-electron chi connectivity index (χ2n) is 6.30. The molecule has 0 saturated heterocycles. The molecule has 0 aliphatic heterocycles. The van der Waals surface area contributed by atoms with E-state index in [1.807, 2.05) is 49.3 Å². The summed E-state index contributed by atoms with van der Waals surface area (Å²) in [6.07, 6.45) is 0. The van der Waals surface area contributed by atoms with Gasteiger partial charge >= 0.3 is 0 Å². The predicted octanol–water partition coefficient (Wildman–Crippen LogP) is 4.74. The lowest BCUT2D eigenvalue weighted by Crippen LogP contribution is -2.13. The van der Waals surface area contributed by atoms with E-state index in [1.54, 1.807) is 0 Å². The Labute approximate surface area is 146 Å². The van der Waals surface area contributed by atoms with E-state index in [0.29, 0.717) is 16.6 Å². The Hall–Kier alpha value is -2.40. The third-order valence-corrected chi connectivity index (χ3v) is 4.88. The number of nitrogens with one attached hydrogen (secondary N) is 1. The van der Waals surface area contributed by atoms with Crippen molar-refractivity contribution in [3.8, 4) is 0 Å². The molecule has 1 heterocycles. The summed E-state index contributed by atoms with van der Waals surface area (Å²) in [5, 5.41) is 3.53. The first kappa shape index (κ1) is 16.5.